The van der Waals surface area contributed by atoms with Crippen molar-refractivity contribution in [2.75, 3.05) is 6.54 Å². The number of rotatable bonds is 4. The third kappa shape index (κ3) is 3.34. The minimum atomic E-state index is -0.165. The molecule has 1 fully saturated rings. The molecule has 1 aliphatic rings. The lowest BCUT2D eigenvalue weighted by atomic mass is 9.86. The topological polar surface area (TPSA) is 38.3 Å². The molecule has 3 nitrogen and oxygen atoms in total. The summed E-state index contributed by atoms with van der Waals surface area (Å²) in [7, 11) is 0. The van der Waals surface area contributed by atoms with Crippen molar-refractivity contribution in [2.45, 2.75) is 51.6 Å². The molecule has 0 saturated heterocycles. The Morgan fingerprint density at radius 3 is 2.61 bits per heavy atom. The van der Waals surface area contributed by atoms with Gasteiger partial charge in [-0.3, -0.25) is 4.79 Å². The third-order valence-corrected chi connectivity index (χ3v) is 4.72. The van der Waals surface area contributed by atoms with Gasteiger partial charge in [-0.2, -0.15) is 0 Å². The molecule has 1 amide bonds. The van der Waals surface area contributed by atoms with Crippen LogP contribution in [0.2, 0.25) is 0 Å². The van der Waals surface area contributed by atoms with Gasteiger partial charge >= 0.3 is 0 Å². The van der Waals surface area contributed by atoms with E-state index in [4.69, 9.17) is 4.74 Å². The van der Waals surface area contributed by atoms with Gasteiger partial charge in [0.15, 0.2) is 0 Å². The number of hydrogen-bond acceptors (Lipinski definition) is 2. The summed E-state index contributed by atoms with van der Waals surface area (Å²) in [5.74, 6) is 0.651. The fourth-order valence-electron chi connectivity index (χ4n) is 3.49. The molecule has 1 saturated carbocycles. The molecule has 3 rings (SSSR count). The van der Waals surface area contributed by atoms with Crippen LogP contribution in [0.3, 0.4) is 0 Å². The summed E-state index contributed by atoms with van der Waals surface area (Å²) >= 11 is 0. The molecule has 1 aliphatic carbocycles. The van der Waals surface area contributed by atoms with Gasteiger partial charge in [0.05, 0.1) is 5.56 Å². The predicted molar refractivity (Wildman–Crippen MR) is 94.1 cm³/mol. The van der Waals surface area contributed by atoms with Crippen LogP contribution in [0.15, 0.2) is 36.4 Å². The van der Waals surface area contributed by atoms with E-state index in [9.17, 15) is 4.79 Å². The highest BCUT2D eigenvalue weighted by atomic mass is 16.5. The largest absolute Gasteiger partial charge is 0.487 e. The van der Waals surface area contributed by atoms with E-state index >= 15 is 0 Å². The quantitative estimate of drug-likeness (QED) is 0.889. The molecule has 1 N–H and O–H groups in total. The van der Waals surface area contributed by atoms with E-state index in [1.807, 2.05) is 43.3 Å². The van der Waals surface area contributed by atoms with Gasteiger partial charge in [0.25, 0.3) is 5.91 Å². The Bertz CT molecular complexity index is 702. The average Bonchev–Trinajstić information content (AvgIpc) is 2.55. The molecule has 0 aromatic heterocycles. The first-order valence-corrected chi connectivity index (χ1v) is 8.62. The molecule has 0 unspecified atom stereocenters. The van der Waals surface area contributed by atoms with E-state index in [1.54, 1.807) is 0 Å². The van der Waals surface area contributed by atoms with Crippen LogP contribution in [0, 0.1) is 0 Å². The van der Waals surface area contributed by atoms with E-state index < -0.39 is 0 Å². The smallest absolute Gasteiger partial charge is 0.255 e. The van der Waals surface area contributed by atoms with Crippen molar-refractivity contribution in [1.29, 1.82) is 0 Å². The molecular weight excluding hydrogens is 286 g/mol. The molecule has 3 heteroatoms. The number of carbonyl (C=O) groups is 1. The van der Waals surface area contributed by atoms with Crippen LogP contribution in [0.4, 0.5) is 0 Å². The van der Waals surface area contributed by atoms with Crippen LogP contribution in [-0.4, -0.2) is 18.1 Å². The van der Waals surface area contributed by atoms with Gasteiger partial charge in [0.1, 0.15) is 11.4 Å². The number of amides is 1. The lowest BCUT2D eigenvalue weighted by Gasteiger charge is -2.35. The second-order valence-corrected chi connectivity index (χ2v) is 6.63. The highest BCUT2D eigenvalue weighted by molar-refractivity contribution is 6.09. The zero-order valence-corrected chi connectivity index (χ0v) is 14.0. The fourth-order valence-corrected chi connectivity index (χ4v) is 3.49. The Balaban J connectivity index is 2.04. The Morgan fingerprint density at radius 2 is 1.87 bits per heavy atom. The second kappa shape index (κ2) is 6.61. The van der Waals surface area contributed by atoms with Crippen molar-refractivity contribution in [3.63, 3.8) is 0 Å². The molecule has 0 spiro atoms. The summed E-state index contributed by atoms with van der Waals surface area (Å²) in [6.07, 6.45) is 5.77. The second-order valence-electron chi connectivity index (χ2n) is 6.63. The Morgan fingerprint density at radius 1 is 1.13 bits per heavy atom. The van der Waals surface area contributed by atoms with Gasteiger partial charge < -0.3 is 10.1 Å². The first-order chi connectivity index (χ1) is 11.1. The minimum Gasteiger partial charge on any atom is -0.487 e. The molecule has 0 heterocycles. The number of benzene rings is 2. The van der Waals surface area contributed by atoms with E-state index in [0.717, 1.165) is 23.6 Å². The lowest BCUT2D eigenvalue weighted by molar-refractivity contribution is 0.0476. The van der Waals surface area contributed by atoms with E-state index in [1.165, 1.54) is 19.3 Å². The van der Waals surface area contributed by atoms with Gasteiger partial charge in [0, 0.05) is 6.54 Å². The van der Waals surface area contributed by atoms with Crippen LogP contribution in [0.5, 0.6) is 5.75 Å². The minimum absolute atomic E-state index is 0.0568. The van der Waals surface area contributed by atoms with Crippen LogP contribution < -0.4 is 10.1 Å². The van der Waals surface area contributed by atoms with Crippen molar-refractivity contribution in [3.05, 3.63) is 42.0 Å². The standard InChI is InChI=1S/C20H25NO2/c1-3-21-19(22)18-16-10-6-5-9-15(16)11-12-17(18)23-20(2)13-7-4-8-14-20/h5-6,9-12H,3-4,7-8,13-14H2,1-2H3,(H,21,22). The first kappa shape index (κ1) is 15.9. The van der Waals surface area contributed by atoms with Crippen molar-refractivity contribution >= 4 is 16.7 Å². The fraction of sp³-hybridized carbons (Fsp3) is 0.450. The SMILES string of the molecule is CCNC(=O)c1c(OC2(C)CCCCC2)ccc2ccccc12. The monoisotopic (exact) mass is 311 g/mol. The maximum atomic E-state index is 12.6. The molecule has 0 radical (unpaired) electrons. The molecule has 2 aromatic rings. The van der Waals surface area contributed by atoms with Gasteiger partial charge in [-0.15, -0.1) is 0 Å². The lowest BCUT2D eigenvalue weighted by Crippen LogP contribution is -2.35. The van der Waals surface area contributed by atoms with Gasteiger partial charge in [0.2, 0.25) is 0 Å². The van der Waals surface area contributed by atoms with E-state index in [-0.39, 0.29) is 11.5 Å². The molecular formula is C20H25NO2. The number of hydrogen-bond donors (Lipinski definition) is 1. The Labute approximate surface area is 138 Å². The Hall–Kier alpha value is -2.03. The maximum absolute atomic E-state index is 12.6. The molecule has 2 aromatic carbocycles. The van der Waals surface area contributed by atoms with Crippen molar-refractivity contribution < 1.29 is 9.53 Å². The van der Waals surface area contributed by atoms with Gasteiger partial charge in [-0.05, 0) is 56.4 Å². The number of nitrogens with one attached hydrogen (secondary N) is 1. The maximum Gasteiger partial charge on any atom is 0.255 e. The Kier molecular flexibility index (Phi) is 4.56. The highest BCUT2D eigenvalue weighted by Crippen LogP contribution is 2.36. The third-order valence-electron chi connectivity index (χ3n) is 4.72. The van der Waals surface area contributed by atoms with Crippen molar-refractivity contribution in [2.24, 2.45) is 0 Å². The van der Waals surface area contributed by atoms with Gasteiger partial charge in [-0.1, -0.05) is 36.8 Å². The molecule has 23 heavy (non-hydrogen) atoms. The van der Waals surface area contributed by atoms with E-state index in [0.29, 0.717) is 17.9 Å². The van der Waals surface area contributed by atoms with Crippen LogP contribution in [0.1, 0.15) is 56.3 Å². The van der Waals surface area contributed by atoms with Crippen molar-refractivity contribution in [3.8, 4) is 5.75 Å². The summed E-state index contributed by atoms with van der Waals surface area (Å²) in [5.41, 5.74) is 0.499. The number of carbonyl (C=O) groups excluding carboxylic acids is 1. The first-order valence-electron chi connectivity index (χ1n) is 8.62. The predicted octanol–water partition coefficient (Wildman–Crippen LogP) is 4.69. The number of fused-ring (bicyclic) bond motifs is 1. The molecule has 0 atom stereocenters. The van der Waals surface area contributed by atoms with Gasteiger partial charge in [-0.25, -0.2) is 0 Å². The zero-order valence-electron chi connectivity index (χ0n) is 14.0. The number of ether oxygens (including phenoxy) is 1. The molecule has 0 aliphatic heterocycles. The summed E-state index contributed by atoms with van der Waals surface area (Å²) in [4.78, 5) is 12.6. The zero-order chi connectivity index (χ0) is 16.3. The van der Waals surface area contributed by atoms with Crippen LogP contribution in [0.25, 0.3) is 10.8 Å². The summed E-state index contributed by atoms with van der Waals surface area (Å²) in [5, 5.41) is 4.94. The molecule has 122 valence electrons. The van der Waals surface area contributed by atoms with E-state index in [2.05, 4.69) is 12.2 Å². The summed E-state index contributed by atoms with van der Waals surface area (Å²) in [6.45, 7) is 4.72. The normalized spacial score (nSPS) is 17.0. The average molecular weight is 311 g/mol. The molecule has 0 bridgehead atoms. The summed E-state index contributed by atoms with van der Waals surface area (Å²) < 4.78 is 6.39. The highest BCUT2D eigenvalue weighted by Gasteiger charge is 2.30. The summed E-state index contributed by atoms with van der Waals surface area (Å²) in [6, 6.07) is 12.0. The van der Waals surface area contributed by atoms with Crippen LogP contribution >= 0.6 is 0 Å². The van der Waals surface area contributed by atoms with Crippen LogP contribution in [-0.2, 0) is 0 Å². The van der Waals surface area contributed by atoms with Crippen molar-refractivity contribution in [1.82, 2.24) is 5.32 Å².